The number of carbonyl (C=O) groups excluding carboxylic acids is 1. The zero-order valence-electron chi connectivity index (χ0n) is 16.6. The number of nitrogens with zero attached hydrogens (tertiary/aromatic N) is 3. The normalized spacial score (nSPS) is 15.1. The maximum atomic E-state index is 12.9. The Morgan fingerprint density at radius 1 is 1.03 bits per heavy atom. The van der Waals surface area contributed by atoms with Crippen LogP contribution in [0.5, 0.6) is 0 Å². The van der Waals surface area contributed by atoms with Gasteiger partial charge >= 0.3 is 0 Å². The number of nitrogens with one attached hydrogen (secondary N) is 1. The molecule has 1 aromatic heterocycles. The fourth-order valence-corrected chi connectivity index (χ4v) is 5.11. The summed E-state index contributed by atoms with van der Waals surface area (Å²) in [5.74, 6) is -0.281. The molecule has 1 fully saturated rings. The summed E-state index contributed by atoms with van der Waals surface area (Å²) in [5, 5.41) is 2.80. The molecule has 0 unspecified atom stereocenters. The zero-order chi connectivity index (χ0) is 21.0. The topological polar surface area (TPSA) is 84.3 Å². The van der Waals surface area contributed by atoms with Crippen molar-refractivity contribution in [2.45, 2.75) is 30.7 Å². The number of rotatable bonds is 6. The standard InChI is InChI=1S/C22H24N4O3S/c27-22(19-9-7-18(8-10-19)16-25-14-11-23-17-25)24-20-5-4-6-21(15-20)30(28,29)26-12-2-1-3-13-26/h4-11,14-15,17H,1-3,12-13,16H2,(H,24,27). The van der Waals surface area contributed by atoms with E-state index in [1.165, 1.54) is 10.4 Å². The molecule has 0 atom stereocenters. The van der Waals surface area contributed by atoms with Crippen molar-refractivity contribution in [3.8, 4) is 0 Å². The molecule has 0 spiro atoms. The lowest BCUT2D eigenvalue weighted by Gasteiger charge is -2.26. The SMILES string of the molecule is O=C(Nc1cccc(S(=O)(=O)N2CCCCC2)c1)c1ccc(Cn2ccnc2)cc1. The third-order valence-corrected chi connectivity index (χ3v) is 7.08. The molecule has 0 bridgehead atoms. The molecule has 30 heavy (non-hydrogen) atoms. The molecule has 4 rings (SSSR count). The van der Waals surface area contributed by atoms with E-state index in [0.717, 1.165) is 24.8 Å². The van der Waals surface area contributed by atoms with Crippen LogP contribution in [-0.2, 0) is 16.6 Å². The number of amides is 1. The Kier molecular flexibility index (Phi) is 5.96. The van der Waals surface area contributed by atoms with Gasteiger partial charge in [0, 0.05) is 43.3 Å². The first-order valence-electron chi connectivity index (χ1n) is 9.99. The number of hydrogen-bond acceptors (Lipinski definition) is 4. The highest BCUT2D eigenvalue weighted by atomic mass is 32.2. The van der Waals surface area contributed by atoms with Crippen LogP contribution in [0.1, 0.15) is 35.2 Å². The van der Waals surface area contributed by atoms with Gasteiger partial charge in [-0.3, -0.25) is 4.79 Å². The fourth-order valence-electron chi connectivity index (χ4n) is 3.54. The van der Waals surface area contributed by atoms with Crippen LogP contribution in [0.4, 0.5) is 5.69 Å². The number of hydrogen-bond donors (Lipinski definition) is 1. The third kappa shape index (κ3) is 4.60. The minimum Gasteiger partial charge on any atom is -0.333 e. The Bertz CT molecular complexity index is 1100. The number of benzene rings is 2. The van der Waals surface area contributed by atoms with E-state index in [1.807, 2.05) is 22.9 Å². The highest BCUT2D eigenvalue weighted by Gasteiger charge is 2.26. The van der Waals surface area contributed by atoms with Crippen molar-refractivity contribution in [3.63, 3.8) is 0 Å². The van der Waals surface area contributed by atoms with Gasteiger partial charge in [0.15, 0.2) is 0 Å². The van der Waals surface area contributed by atoms with Crippen molar-refractivity contribution in [2.75, 3.05) is 18.4 Å². The molecule has 8 heteroatoms. The second kappa shape index (κ2) is 8.81. The Hall–Kier alpha value is -2.97. The lowest BCUT2D eigenvalue weighted by molar-refractivity contribution is 0.102. The van der Waals surface area contributed by atoms with Gasteiger partial charge in [0.1, 0.15) is 0 Å². The monoisotopic (exact) mass is 424 g/mol. The first kappa shape index (κ1) is 20.3. The summed E-state index contributed by atoms with van der Waals surface area (Å²) < 4.78 is 29.2. The fraction of sp³-hybridized carbons (Fsp3) is 0.273. The van der Waals surface area contributed by atoms with Gasteiger partial charge in [-0.25, -0.2) is 13.4 Å². The lowest BCUT2D eigenvalue weighted by Crippen LogP contribution is -2.35. The maximum Gasteiger partial charge on any atom is 0.255 e. The highest BCUT2D eigenvalue weighted by Crippen LogP contribution is 2.23. The van der Waals surface area contributed by atoms with Gasteiger partial charge in [-0.05, 0) is 48.7 Å². The van der Waals surface area contributed by atoms with E-state index in [4.69, 9.17) is 0 Å². The predicted octanol–water partition coefficient (Wildman–Crippen LogP) is 3.36. The summed E-state index contributed by atoms with van der Waals surface area (Å²) in [6, 6.07) is 13.8. The highest BCUT2D eigenvalue weighted by molar-refractivity contribution is 7.89. The first-order valence-corrected chi connectivity index (χ1v) is 11.4. The Morgan fingerprint density at radius 3 is 2.50 bits per heavy atom. The summed E-state index contributed by atoms with van der Waals surface area (Å²) in [6.07, 6.45) is 8.17. The first-order chi connectivity index (χ1) is 14.5. The molecule has 2 heterocycles. The van der Waals surface area contributed by atoms with Crippen LogP contribution < -0.4 is 5.32 Å². The number of imidazole rings is 1. The van der Waals surface area contributed by atoms with Crippen LogP contribution in [0.3, 0.4) is 0 Å². The Labute approximate surface area is 176 Å². The van der Waals surface area contributed by atoms with Gasteiger partial charge in [0.25, 0.3) is 5.91 Å². The second-order valence-corrected chi connectivity index (χ2v) is 9.32. The van der Waals surface area contributed by atoms with Gasteiger partial charge in [-0.1, -0.05) is 24.6 Å². The molecule has 1 aliphatic rings. The van der Waals surface area contributed by atoms with E-state index >= 15 is 0 Å². The van der Waals surface area contributed by atoms with Crippen molar-refractivity contribution in [2.24, 2.45) is 0 Å². The van der Waals surface area contributed by atoms with Gasteiger partial charge in [-0.2, -0.15) is 4.31 Å². The van der Waals surface area contributed by atoms with Crippen molar-refractivity contribution < 1.29 is 13.2 Å². The van der Waals surface area contributed by atoms with Crippen LogP contribution in [0.25, 0.3) is 0 Å². The zero-order valence-corrected chi connectivity index (χ0v) is 17.4. The predicted molar refractivity (Wildman–Crippen MR) is 115 cm³/mol. The Morgan fingerprint density at radius 2 is 1.80 bits per heavy atom. The summed E-state index contributed by atoms with van der Waals surface area (Å²) >= 11 is 0. The van der Waals surface area contributed by atoms with Crippen LogP contribution >= 0.6 is 0 Å². The molecule has 1 aliphatic heterocycles. The van der Waals surface area contributed by atoms with Crippen LogP contribution in [0, 0.1) is 0 Å². The quantitative estimate of drug-likeness (QED) is 0.658. The molecule has 1 amide bonds. The van der Waals surface area contributed by atoms with Gasteiger partial charge < -0.3 is 9.88 Å². The van der Waals surface area contributed by atoms with E-state index in [9.17, 15) is 13.2 Å². The van der Waals surface area contributed by atoms with Crippen LogP contribution in [0.15, 0.2) is 72.1 Å². The Balaban J connectivity index is 1.45. The summed E-state index contributed by atoms with van der Waals surface area (Å²) in [4.78, 5) is 16.8. The summed E-state index contributed by atoms with van der Waals surface area (Å²) in [7, 11) is -3.54. The molecule has 0 aliphatic carbocycles. The van der Waals surface area contributed by atoms with Crippen molar-refractivity contribution in [1.29, 1.82) is 0 Å². The van der Waals surface area contributed by atoms with E-state index in [0.29, 0.717) is 30.9 Å². The largest absolute Gasteiger partial charge is 0.333 e. The van der Waals surface area contributed by atoms with E-state index in [2.05, 4.69) is 10.3 Å². The molecule has 0 saturated carbocycles. The molecule has 7 nitrogen and oxygen atoms in total. The molecule has 1 saturated heterocycles. The van der Waals surface area contributed by atoms with Crippen molar-refractivity contribution in [1.82, 2.24) is 13.9 Å². The summed E-state index contributed by atoms with van der Waals surface area (Å²) in [5.41, 5.74) is 2.02. The van der Waals surface area contributed by atoms with Crippen molar-refractivity contribution >= 4 is 21.6 Å². The molecule has 1 N–H and O–H groups in total. The molecule has 0 radical (unpaired) electrons. The van der Waals surface area contributed by atoms with Crippen LogP contribution in [0.2, 0.25) is 0 Å². The van der Waals surface area contributed by atoms with Crippen LogP contribution in [-0.4, -0.2) is 41.3 Å². The van der Waals surface area contributed by atoms with E-state index in [-0.39, 0.29) is 10.8 Å². The molecular formula is C22H24N4O3S. The summed E-state index contributed by atoms with van der Waals surface area (Å²) in [6.45, 7) is 1.77. The van der Waals surface area contributed by atoms with Gasteiger partial charge in [0.05, 0.1) is 11.2 Å². The average molecular weight is 425 g/mol. The smallest absolute Gasteiger partial charge is 0.255 e. The molecule has 156 valence electrons. The maximum absolute atomic E-state index is 12.9. The minimum atomic E-state index is -3.54. The average Bonchev–Trinajstić information content (AvgIpc) is 3.28. The minimum absolute atomic E-state index is 0.206. The third-order valence-electron chi connectivity index (χ3n) is 5.19. The van der Waals surface area contributed by atoms with E-state index < -0.39 is 10.0 Å². The van der Waals surface area contributed by atoms with Gasteiger partial charge in [0.2, 0.25) is 10.0 Å². The lowest BCUT2D eigenvalue weighted by atomic mass is 10.1. The number of piperidine rings is 1. The second-order valence-electron chi connectivity index (χ2n) is 7.38. The van der Waals surface area contributed by atoms with Crippen molar-refractivity contribution in [3.05, 3.63) is 78.4 Å². The van der Waals surface area contributed by atoms with E-state index in [1.54, 1.807) is 42.9 Å². The number of aromatic nitrogens is 2. The van der Waals surface area contributed by atoms with Gasteiger partial charge in [-0.15, -0.1) is 0 Å². The number of sulfonamides is 1. The number of anilines is 1. The molecule has 2 aromatic carbocycles. The molecular weight excluding hydrogens is 400 g/mol. The molecule has 3 aromatic rings. The number of carbonyl (C=O) groups is 1.